The Morgan fingerprint density at radius 2 is 1.06 bits per heavy atom. The van der Waals surface area contributed by atoms with Gasteiger partial charge in [0.1, 0.15) is 5.65 Å². The molecule has 236 valence electrons. The molecule has 0 radical (unpaired) electrons. The summed E-state index contributed by atoms with van der Waals surface area (Å²) in [6.07, 6.45) is 1.89. The highest BCUT2D eigenvalue weighted by Crippen LogP contribution is 2.54. The molecule has 1 aliphatic rings. The zero-order valence-corrected chi connectivity index (χ0v) is 27.7. The van der Waals surface area contributed by atoms with E-state index in [2.05, 4.69) is 140 Å². The largest absolute Gasteiger partial charge is 0.294 e. The molecule has 5 nitrogen and oxygen atoms in total. The normalized spacial score (nSPS) is 13.2. The molecule has 3 heterocycles. The zero-order valence-electron chi connectivity index (χ0n) is 27.7. The first-order valence-corrected chi connectivity index (χ1v) is 17.0. The second-order valence-corrected chi connectivity index (χ2v) is 13.5. The molecule has 3 aromatic heterocycles. The summed E-state index contributed by atoms with van der Waals surface area (Å²) in [6.45, 7) is 4.66. The summed E-state index contributed by atoms with van der Waals surface area (Å²) in [5.74, 6) is 1.98. The molecule has 0 aliphatic heterocycles. The minimum absolute atomic E-state index is 0.385. The molecule has 9 aromatic rings. The third-order valence-electron chi connectivity index (χ3n) is 10.3. The van der Waals surface area contributed by atoms with E-state index in [1.807, 2.05) is 30.5 Å². The maximum Gasteiger partial charge on any atom is 0.164 e. The average molecular weight is 642 g/mol. The number of nitrogens with zero attached hydrogens (tertiary/aromatic N) is 5. The van der Waals surface area contributed by atoms with Gasteiger partial charge in [0, 0.05) is 39.1 Å². The minimum Gasteiger partial charge on any atom is -0.294 e. The molecule has 1 aliphatic carbocycles. The second kappa shape index (κ2) is 10.8. The maximum absolute atomic E-state index is 5.27. The van der Waals surface area contributed by atoms with Crippen molar-refractivity contribution in [3.8, 4) is 51.0 Å². The van der Waals surface area contributed by atoms with Crippen molar-refractivity contribution in [1.29, 1.82) is 0 Å². The van der Waals surface area contributed by atoms with Gasteiger partial charge in [-0.15, -0.1) is 0 Å². The van der Waals surface area contributed by atoms with Crippen LogP contribution < -0.4 is 0 Å². The highest BCUT2D eigenvalue weighted by molar-refractivity contribution is 6.08. The van der Waals surface area contributed by atoms with Crippen molar-refractivity contribution >= 4 is 32.7 Å². The summed E-state index contributed by atoms with van der Waals surface area (Å²) in [7, 11) is 0. The van der Waals surface area contributed by atoms with Crippen LogP contribution in [0.5, 0.6) is 0 Å². The number of pyridine rings is 1. The Labute approximate surface area is 289 Å². The van der Waals surface area contributed by atoms with Gasteiger partial charge in [-0.2, -0.15) is 0 Å². The van der Waals surface area contributed by atoms with Crippen molar-refractivity contribution in [1.82, 2.24) is 24.5 Å². The fourth-order valence-corrected chi connectivity index (χ4v) is 8.16. The van der Waals surface area contributed by atoms with Gasteiger partial charge in [0.25, 0.3) is 0 Å². The Bertz CT molecular complexity index is 2740. The molecule has 0 spiro atoms. The summed E-state index contributed by atoms with van der Waals surface area (Å²) in [5.41, 5.74) is 10.7. The Morgan fingerprint density at radius 1 is 0.460 bits per heavy atom. The average Bonchev–Trinajstić information content (AvgIpc) is 3.63. The van der Waals surface area contributed by atoms with E-state index >= 15 is 0 Å². The zero-order chi connectivity index (χ0) is 33.4. The van der Waals surface area contributed by atoms with Crippen molar-refractivity contribution < 1.29 is 0 Å². The van der Waals surface area contributed by atoms with Gasteiger partial charge in [-0.1, -0.05) is 135 Å². The lowest BCUT2D eigenvalue weighted by Gasteiger charge is -2.27. The molecule has 0 amide bonds. The van der Waals surface area contributed by atoms with Gasteiger partial charge in [0.2, 0.25) is 0 Å². The highest BCUT2D eigenvalue weighted by atomic mass is 15.1. The molecule has 0 atom stereocenters. The Morgan fingerprint density at radius 3 is 1.92 bits per heavy atom. The van der Waals surface area contributed by atoms with Gasteiger partial charge in [-0.25, -0.2) is 19.9 Å². The van der Waals surface area contributed by atoms with Crippen molar-refractivity contribution in [2.24, 2.45) is 0 Å². The van der Waals surface area contributed by atoms with Crippen molar-refractivity contribution in [3.05, 3.63) is 163 Å². The van der Waals surface area contributed by atoms with E-state index in [9.17, 15) is 0 Å². The summed E-state index contributed by atoms with van der Waals surface area (Å²) in [6, 6.07) is 50.9. The minimum atomic E-state index is -0.385. The van der Waals surface area contributed by atoms with Gasteiger partial charge in [-0.3, -0.25) is 4.57 Å². The number of fused-ring (bicyclic) bond motifs is 7. The smallest absolute Gasteiger partial charge is 0.164 e. The van der Waals surface area contributed by atoms with Crippen LogP contribution in [0.2, 0.25) is 0 Å². The fraction of sp³-hybridized carbons (Fsp3) is 0.0667. The van der Waals surface area contributed by atoms with Gasteiger partial charge >= 0.3 is 0 Å². The molecular weight excluding hydrogens is 611 g/mol. The third-order valence-corrected chi connectivity index (χ3v) is 10.3. The van der Waals surface area contributed by atoms with Crippen LogP contribution in [0.4, 0.5) is 0 Å². The van der Waals surface area contributed by atoms with Gasteiger partial charge < -0.3 is 0 Å². The summed E-state index contributed by atoms with van der Waals surface area (Å²) >= 11 is 0. The molecule has 5 heteroatoms. The second-order valence-electron chi connectivity index (χ2n) is 13.5. The van der Waals surface area contributed by atoms with E-state index in [0.717, 1.165) is 49.7 Å². The van der Waals surface area contributed by atoms with Gasteiger partial charge in [-0.05, 0) is 57.3 Å². The lowest BCUT2D eigenvalue weighted by Crippen LogP contribution is -2.19. The topological polar surface area (TPSA) is 56.5 Å². The fourth-order valence-electron chi connectivity index (χ4n) is 8.16. The van der Waals surface area contributed by atoms with E-state index in [1.165, 1.54) is 27.6 Å². The number of aromatic nitrogens is 5. The van der Waals surface area contributed by atoms with Crippen LogP contribution >= 0.6 is 0 Å². The molecule has 0 unspecified atom stereocenters. The first-order chi connectivity index (χ1) is 24.6. The summed E-state index contributed by atoms with van der Waals surface area (Å²) < 4.78 is 2.34. The highest BCUT2D eigenvalue weighted by Gasteiger charge is 2.41. The quantitative estimate of drug-likeness (QED) is 0.192. The van der Waals surface area contributed by atoms with Crippen LogP contribution in [0.3, 0.4) is 0 Å². The lowest BCUT2D eigenvalue weighted by molar-refractivity contribution is 0.657. The van der Waals surface area contributed by atoms with Crippen LogP contribution in [0.25, 0.3) is 83.7 Å². The Balaban J connectivity index is 1.22. The number of hydrogen-bond acceptors (Lipinski definition) is 4. The van der Waals surface area contributed by atoms with Crippen molar-refractivity contribution in [2.75, 3.05) is 0 Å². The predicted octanol–water partition coefficient (Wildman–Crippen LogP) is 10.8. The van der Waals surface area contributed by atoms with Crippen molar-refractivity contribution in [3.63, 3.8) is 0 Å². The van der Waals surface area contributed by atoms with Gasteiger partial charge in [0.15, 0.2) is 17.5 Å². The van der Waals surface area contributed by atoms with Crippen LogP contribution in [-0.4, -0.2) is 24.5 Å². The predicted molar refractivity (Wildman–Crippen MR) is 203 cm³/mol. The van der Waals surface area contributed by atoms with Crippen molar-refractivity contribution in [2.45, 2.75) is 19.3 Å². The van der Waals surface area contributed by atoms with Crippen LogP contribution in [0.15, 0.2) is 152 Å². The van der Waals surface area contributed by atoms with E-state index < -0.39 is 0 Å². The molecule has 6 aromatic carbocycles. The first kappa shape index (κ1) is 28.5. The summed E-state index contributed by atoms with van der Waals surface area (Å²) in [5, 5.41) is 4.61. The third kappa shape index (κ3) is 4.13. The van der Waals surface area contributed by atoms with E-state index in [-0.39, 0.29) is 5.41 Å². The van der Waals surface area contributed by atoms with Gasteiger partial charge in [0.05, 0.1) is 11.2 Å². The first-order valence-electron chi connectivity index (χ1n) is 17.0. The van der Waals surface area contributed by atoms with Crippen LogP contribution in [0, 0.1) is 0 Å². The molecule has 50 heavy (non-hydrogen) atoms. The van der Waals surface area contributed by atoms with Crippen LogP contribution in [0.1, 0.15) is 25.0 Å². The van der Waals surface area contributed by atoms with Crippen LogP contribution in [-0.2, 0) is 5.41 Å². The molecule has 0 saturated carbocycles. The molecular formula is C45H31N5. The summed E-state index contributed by atoms with van der Waals surface area (Å²) in [4.78, 5) is 20.5. The number of benzene rings is 6. The number of hydrogen-bond donors (Lipinski definition) is 0. The van der Waals surface area contributed by atoms with E-state index in [1.54, 1.807) is 0 Å². The Hall–Kier alpha value is -6.46. The SMILES string of the molecule is CC1(C)c2c(-c3nc(-c4ccccc4)nc(-c4cccc5ccccc45)n3)cccc2-c2cccc(-n3c4ccccc4c4cccnc43)c21. The van der Waals surface area contributed by atoms with E-state index in [4.69, 9.17) is 19.9 Å². The number of para-hydroxylation sites is 1. The Kier molecular flexibility index (Phi) is 6.15. The molecule has 0 fully saturated rings. The maximum atomic E-state index is 5.27. The lowest BCUT2D eigenvalue weighted by atomic mass is 9.79. The standard InChI is InChI=1S/C45H31N5/c1-45(2)39-32(33-21-12-26-38(40(33)45)50-37-25-9-8-19-31(37)35-24-13-27-46-44(35)50)20-11-23-36(39)43-48-41(29-15-4-3-5-16-29)47-42(49-43)34-22-10-17-28-14-6-7-18-30(28)34/h3-27H,1-2H3. The molecule has 0 saturated heterocycles. The number of rotatable bonds is 4. The molecule has 0 N–H and O–H groups in total. The molecule has 0 bridgehead atoms. The molecule has 10 rings (SSSR count). The van der Waals surface area contributed by atoms with E-state index in [0.29, 0.717) is 17.5 Å². The monoisotopic (exact) mass is 641 g/mol.